The molecule has 0 amide bonds. The maximum Gasteiger partial charge on any atom is 0.209 e. The second kappa shape index (κ2) is 4.81. The average Bonchev–Trinajstić information content (AvgIpc) is 3.08. The van der Waals surface area contributed by atoms with Gasteiger partial charge in [-0.2, -0.15) is 10.3 Å². The first-order valence-corrected chi connectivity index (χ1v) is 6.20. The number of aromatic nitrogens is 6. The van der Waals surface area contributed by atoms with Gasteiger partial charge in [-0.25, -0.2) is 4.68 Å². The summed E-state index contributed by atoms with van der Waals surface area (Å²) in [6.07, 6.45) is 1.68. The van der Waals surface area contributed by atoms with Crippen LogP contribution in [0.1, 0.15) is 0 Å². The smallest absolute Gasteiger partial charge is 0.209 e. The van der Waals surface area contributed by atoms with Gasteiger partial charge in [0.25, 0.3) is 0 Å². The molecule has 19 heavy (non-hydrogen) atoms. The van der Waals surface area contributed by atoms with Crippen LogP contribution >= 0.6 is 15.9 Å². The van der Waals surface area contributed by atoms with Crippen molar-refractivity contribution in [1.29, 1.82) is 0 Å². The van der Waals surface area contributed by atoms with Crippen molar-refractivity contribution < 1.29 is 4.74 Å². The molecule has 3 aromatic rings. The Morgan fingerprint density at radius 1 is 1.26 bits per heavy atom. The summed E-state index contributed by atoms with van der Waals surface area (Å²) in [7, 11) is 1.63. The molecule has 0 fully saturated rings. The number of rotatable bonds is 3. The third-order valence-electron chi connectivity index (χ3n) is 2.61. The summed E-state index contributed by atoms with van der Waals surface area (Å²) in [6, 6.07) is 7.57. The second-order valence-electron chi connectivity index (χ2n) is 3.69. The lowest BCUT2D eigenvalue weighted by Gasteiger charge is -2.05. The number of halogens is 1. The summed E-state index contributed by atoms with van der Waals surface area (Å²) >= 11 is 3.49. The van der Waals surface area contributed by atoms with E-state index in [-0.39, 0.29) is 0 Å². The molecular weight excluding hydrogens is 312 g/mol. The van der Waals surface area contributed by atoms with Gasteiger partial charge in [-0.15, -0.1) is 10.2 Å². The van der Waals surface area contributed by atoms with E-state index in [1.165, 1.54) is 0 Å². The van der Waals surface area contributed by atoms with Crippen molar-refractivity contribution in [2.75, 3.05) is 7.11 Å². The Morgan fingerprint density at radius 3 is 2.68 bits per heavy atom. The molecule has 0 bridgehead atoms. The van der Waals surface area contributed by atoms with Crippen molar-refractivity contribution in [1.82, 2.24) is 30.4 Å². The lowest BCUT2D eigenvalue weighted by Crippen LogP contribution is -1.96. The van der Waals surface area contributed by atoms with Gasteiger partial charge < -0.3 is 4.74 Å². The highest BCUT2D eigenvalue weighted by Gasteiger charge is 2.14. The molecule has 1 N–H and O–H groups in total. The maximum absolute atomic E-state index is 5.13. The van der Waals surface area contributed by atoms with E-state index in [2.05, 4.69) is 41.7 Å². The Balaban J connectivity index is 2.01. The van der Waals surface area contributed by atoms with Crippen LogP contribution in [0.25, 0.3) is 17.1 Å². The number of benzene rings is 1. The Morgan fingerprint density at radius 2 is 2.05 bits per heavy atom. The zero-order valence-electron chi connectivity index (χ0n) is 9.91. The van der Waals surface area contributed by atoms with Crippen molar-refractivity contribution in [3.05, 3.63) is 35.1 Å². The van der Waals surface area contributed by atoms with Crippen LogP contribution in [0.2, 0.25) is 0 Å². The number of aromatic amines is 1. The molecular formula is C11H9BrN6O. The average molecular weight is 321 g/mol. The van der Waals surface area contributed by atoms with Crippen LogP contribution < -0.4 is 4.74 Å². The summed E-state index contributed by atoms with van der Waals surface area (Å²) in [5.41, 5.74) is 1.67. The largest absolute Gasteiger partial charge is 0.497 e. The molecule has 1 aromatic carbocycles. The number of nitrogens with one attached hydrogen (secondary N) is 1. The monoisotopic (exact) mass is 320 g/mol. The Kier molecular flexibility index (Phi) is 3.00. The topological polar surface area (TPSA) is 81.5 Å². The zero-order valence-corrected chi connectivity index (χ0v) is 11.5. The zero-order chi connectivity index (χ0) is 13.2. The summed E-state index contributed by atoms with van der Waals surface area (Å²) in [4.78, 5) is 0. The second-order valence-corrected chi connectivity index (χ2v) is 4.45. The number of tetrazole rings is 1. The summed E-state index contributed by atoms with van der Waals surface area (Å²) in [6.45, 7) is 0. The van der Waals surface area contributed by atoms with Crippen LogP contribution in [0.3, 0.4) is 0 Å². The van der Waals surface area contributed by atoms with Crippen LogP contribution in [0.15, 0.2) is 35.1 Å². The van der Waals surface area contributed by atoms with Crippen LogP contribution in [-0.2, 0) is 0 Å². The van der Waals surface area contributed by atoms with E-state index >= 15 is 0 Å². The maximum atomic E-state index is 5.13. The molecule has 0 unspecified atom stereocenters. The molecule has 0 aliphatic rings. The van der Waals surface area contributed by atoms with Crippen molar-refractivity contribution in [2.45, 2.75) is 0 Å². The first-order valence-electron chi connectivity index (χ1n) is 5.41. The number of hydrogen-bond donors (Lipinski definition) is 1. The molecule has 2 aromatic heterocycles. The van der Waals surface area contributed by atoms with E-state index in [4.69, 9.17) is 4.74 Å². The van der Waals surface area contributed by atoms with E-state index in [1.807, 2.05) is 24.3 Å². The molecule has 0 aliphatic carbocycles. The SMILES string of the molecule is COc1ccc(-n2ncc(-c3nn[nH]n3)c2Br)cc1. The number of methoxy groups -OCH3 is 1. The first-order chi connectivity index (χ1) is 9.29. The van der Waals surface area contributed by atoms with Gasteiger partial charge >= 0.3 is 0 Å². The minimum absolute atomic E-state index is 0.492. The molecule has 2 heterocycles. The molecule has 0 atom stereocenters. The highest BCUT2D eigenvalue weighted by Crippen LogP contribution is 2.27. The van der Waals surface area contributed by atoms with Gasteiger partial charge in [-0.3, -0.25) is 0 Å². The van der Waals surface area contributed by atoms with Crippen molar-refractivity contribution in [3.63, 3.8) is 0 Å². The number of hydrogen-bond acceptors (Lipinski definition) is 5. The molecule has 0 radical (unpaired) electrons. The minimum Gasteiger partial charge on any atom is -0.497 e. The lowest BCUT2D eigenvalue weighted by atomic mass is 10.3. The van der Waals surface area contributed by atoms with Gasteiger partial charge in [0.05, 0.1) is 24.6 Å². The third kappa shape index (κ3) is 2.10. The fraction of sp³-hybridized carbons (Fsp3) is 0.0909. The van der Waals surface area contributed by atoms with Gasteiger partial charge in [-0.1, -0.05) is 0 Å². The molecule has 3 rings (SSSR count). The van der Waals surface area contributed by atoms with E-state index in [0.717, 1.165) is 21.6 Å². The molecule has 8 heteroatoms. The summed E-state index contributed by atoms with van der Waals surface area (Å²) < 4.78 is 7.63. The van der Waals surface area contributed by atoms with Crippen molar-refractivity contribution >= 4 is 15.9 Å². The van der Waals surface area contributed by atoms with Gasteiger partial charge in [0.15, 0.2) is 0 Å². The first kappa shape index (κ1) is 11.8. The predicted octanol–water partition coefficient (Wildman–Crippen LogP) is 1.82. The molecule has 0 saturated heterocycles. The predicted molar refractivity (Wildman–Crippen MR) is 71.0 cm³/mol. The highest BCUT2D eigenvalue weighted by molar-refractivity contribution is 9.10. The van der Waals surface area contributed by atoms with E-state index in [0.29, 0.717) is 5.82 Å². The Bertz CT molecular complexity index is 676. The summed E-state index contributed by atoms with van der Waals surface area (Å²) in [5.74, 6) is 1.29. The molecule has 0 saturated carbocycles. The molecule has 0 spiro atoms. The van der Waals surface area contributed by atoms with Crippen molar-refractivity contribution in [2.24, 2.45) is 0 Å². The third-order valence-corrected chi connectivity index (χ3v) is 3.38. The Labute approximate surface area is 116 Å². The van der Waals surface area contributed by atoms with Crippen LogP contribution in [-0.4, -0.2) is 37.5 Å². The normalized spacial score (nSPS) is 10.6. The van der Waals surface area contributed by atoms with E-state index in [9.17, 15) is 0 Å². The fourth-order valence-electron chi connectivity index (χ4n) is 1.66. The van der Waals surface area contributed by atoms with Gasteiger partial charge in [0.2, 0.25) is 5.82 Å². The number of nitrogens with zero attached hydrogens (tertiary/aromatic N) is 5. The Hall–Kier alpha value is -2.22. The van der Waals surface area contributed by atoms with Crippen LogP contribution in [0.4, 0.5) is 0 Å². The van der Waals surface area contributed by atoms with Crippen LogP contribution in [0, 0.1) is 0 Å². The van der Waals surface area contributed by atoms with E-state index < -0.39 is 0 Å². The van der Waals surface area contributed by atoms with Gasteiger partial charge in [0.1, 0.15) is 10.4 Å². The number of ether oxygens (including phenoxy) is 1. The van der Waals surface area contributed by atoms with Crippen molar-refractivity contribution in [3.8, 4) is 22.8 Å². The molecule has 96 valence electrons. The molecule has 0 aliphatic heterocycles. The highest BCUT2D eigenvalue weighted by atomic mass is 79.9. The fourth-order valence-corrected chi connectivity index (χ4v) is 2.24. The van der Waals surface area contributed by atoms with Gasteiger partial charge in [-0.05, 0) is 45.4 Å². The van der Waals surface area contributed by atoms with Gasteiger partial charge in [0, 0.05) is 0 Å². The summed E-state index contributed by atoms with van der Waals surface area (Å²) in [5, 5.41) is 18.1. The minimum atomic E-state index is 0.492. The lowest BCUT2D eigenvalue weighted by molar-refractivity contribution is 0.414. The number of H-pyrrole nitrogens is 1. The standard InChI is InChI=1S/C11H9BrN6O/c1-19-8-4-2-7(3-5-8)18-10(12)9(6-13-18)11-14-16-17-15-11/h2-6H,1H3,(H,14,15,16,17). The van der Waals surface area contributed by atoms with E-state index in [1.54, 1.807) is 18.0 Å². The van der Waals surface area contributed by atoms with Crippen LogP contribution in [0.5, 0.6) is 5.75 Å². The molecule has 7 nitrogen and oxygen atoms in total. The quantitative estimate of drug-likeness (QED) is 0.796.